The Morgan fingerprint density at radius 2 is 1.72 bits per heavy atom. The molecular formula is C28H33N5O2S. The van der Waals surface area contributed by atoms with Gasteiger partial charge in [0.2, 0.25) is 5.91 Å². The Labute approximate surface area is 216 Å². The van der Waals surface area contributed by atoms with Crippen LogP contribution >= 0.6 is 11.3 Å². The number of carbonyl (C=O) groups excluding carboxylic acids is 2. The van der Waals surface area contributed by atoms with E-state index < -0.39 is 6.04 Å². The van der Waals surface area contributed by atoms with E-state index in [1.54, 1.807) is 23.4 Å². The van der Waals surface area contributed by atoms with Crippen molar-refractivity contribution >= 4 is 34.0 Å². The third-order valence-corrected chi connectivity index (χ3v) is 7.93. The maximum atomic E-state index is 13.2. The summed E-state index contributed by atoms with van der Waals surface area (Å²) >= 11 is 1.36. The molecule has 0 spiro atoms. The van der Waals surface area contributed by atoms with E-state index in [1.165, 1.54) is 17.0 Å². The van der Waals surface area contributed by atoms with Crippen LogP contribution in [0.3, 0.4) is 0 Å². The maximum Gasteiger partial charge on any atom is 0.255 e. The normalized spacial score (nSPS) is 17.3. The smallest absolute Gasteiger partial charge is 0.255 e. The van der Waals surface area contributed by atoms with Crippen LogP contribution < -0.4 is 10.2 Å². The Hall–Kier alpha value is -3.23. The molecule has 3 aromatic rings. The predicted molar refractivity (Wildman–Crippen MR) is 145 cm³/mol. The van der Waals surface area contributed by atoms with E-state index in [0.717, 1.165) is 42.9 Å². The number of fused-ring (bicyclic) bond motifs is 1. The lowest BCUT2D eigenvalue weighted by molar-refractivity contribution is -0.120. The van der Waals surface area contributed by atoms with Gasteiger partial charge in [0, 0.05) is 61.1 Å². The fourth-order valence-electron chi connectivity index (χ4n) is 4.95. The van der Waals surface area contributed by atoms with E-state index in [9.17, 15) is 9.59 Å². The van der Waals surface area contributed by atoms with Crippen molar-refractivity contribution in [3.63, 3.8) is 0 Å². The van der Waals surface area contributed by atoms with E-state index in [0.29, 0.717) is 17.2 Å². The van der Waals surface area contributed by atoms with E-state index in [1.807, 2.05) is 12.1 Å². The molecule has 2 amide bonds. The Morgan fingerprint density at radius 3 is 2.36 bits per heavy atom. The van der Waals surface area contributed by atoms with Gasteiger partial charge in [-0.2, -0.15) is 0 Å². The number of aromatic nitrogens is 1. The molecule has 2 aliphatic rings. The highest BCUT2D eigenvalue weighted by Crippen LogP contribution is 2.31. The number of carbonyl (C=O) groups is 2. The lowest BCUT2D eigenvalue weighted by Crippen LogP contribution is -2.53. The first-order valence-electron chi connectivity index (χ1n) is 12.5. The van der Waals surface area contributed by atoms with Crippen molar-refractivity contribution in [1.82, 2.24) is 14.8 Å². The van der Waals surface area contributed by atoms with Gasteiger partial charge in [-0.1, -0.05) is 24.3 Å². The summed E-state index contributed by atoms with van der Waals surface area (Å²) in [6.07, 6.45) is 1.64. The summed E-state index contributed by atoms with van der Waals surface area (Å²) in [6.45, 7) is 13.2. The van der Waals surface area contributed by atoms with Crippen LogP contribution in [0.5, 0.6) is 0 Å². The first kappa shape index (κ1) is 24.5. The second-order valence-electron chi connectivity index (χ2n) is 10.5. The van der Waals surface area contributed by atoms with Gasteiger partial charge < -0.3 is 15.1 Å². The quantitative estimate of drug-likeness (QED) is 0.546. The van der Waals surface area contributed by atoms with E-state index in [-0.39, 0.29) is 17.4 Å². The largest absolute Gasteiger partial charge is 0.369 e. The van der Waals surface area contributed by atoms with E-state index >= 15 is 0 Å². The van der Waals surface area contributed by atoms with E-state index in [2.05, 4.69) is 71.2 Å². The van der Waals surface area contributed by atoms with Gasteiger partial charge in [0.05, 0.1) is 0 Å². The van der Waals surface area contributed by atoms with Crippen LogP contribution in [0.25, 0.3) is 11.1 Å². The molecule has 1 atom stereocenters. The molecule has 2 aliphatic heterocycles. The molecule has 3 heterocycles. The second-order valence-corrected chi connectivity index (χ2v) is 11.4. The van der Waals surface area contributed by atoms with Crippen LogP contribution in [-0.4, -0.2) is 64.4 Å². The van der Waals surface area contributed by atoms with Gasteiger partial charge in [0.25, 0.3) is 5.91 Å². The molecule has 0 radical (unpaired) electrons. The molecule has 0 aliphatic carbocycles. The number of benzene rings is 2. The molecule has 188 valence electrons. The molecule has 0 saturated carbocycles. The SMILES string of the molecule is CC(C(=O)Nc1nccs1)N1Cc2ccc(-c3ccc(N4CCN(C(C)(C)C)CC4)cc3)cc2C1=O. The first-order chi connectivity index (χ1) is 17.2. The van der Waals surface area contributed by atoms with Gasteiger partial charge in [-0.3, -0.25) is 14.5 Å². The average Bonchev–Trinajstić information content (AvgIpc) is 3.50. The fraction of sp³-hybridized carbons (Fsp3) is 0.393. The molecular weight excluding hydrogens is 470 g/mol. The summed E-state index contributed by atoms with van der Waals surface area (Å²) in [5, 5.41) is 5.14. The van der Waals surface area contributed by atoms with Crippen molar-refractivity contribution in [3.8, 4) is 11.1 Å². The highest BCUT2D eigenvalue weighted by atomic mass is 32.1. The second kappa shape index (κ2) is 9.67. The molecule has 1 N–H and O–H groups in total. The standard InChI is InChI=1S/C28H33N5O2S/c1-19(25(34)30-27-29-11-16-36-27)33-18-22-6-5-21(17-24(22)26(33)35)20-7-9-23(10-8-20)31-12-14-32(15-13-31)28(2,3)4/h5-11,16-17,19H,12-15,18H2,1-4H3,(H,29,30,34). The van der Waals surface area contributed by atoms with Gasteiger partial charge in [-0.05, 0) is 62.6 Å². The minimum atomic E-state index is -0.588. The third-order valence-electron chi connectivity index (χ3n) is 7.25. The number of nitrogens with one attached hydrogen (secondary N) is 1. The number of thiazole rings is 1. The van der Waals surface area contributed by atoms with Crippen LogP contribution in [0.15, 0.2) is 54.0 Å². The summed E-state index contributed by atoms with van der Waals surface area (Å²) in [6, 6.07) is 14.1. The predicted octanol–water partition coefficient (Wildman–Crippen LogP) is 4.71. The molecule has 36 heavy (non-hydrogen) atoms. The molecule has 1 fully saturated rings. The van der Waals surface area contributed by atoms with Crippen LogP contribution in [-0.2, 0) is 11.3 Å². The van der Waals surface area contributed by atoms with Gasteiger partial charge >= 0.3 is 0 Å². The van der Waals surface area contributed by atoms with Crippen molar-refractivity contribution in [2.24, 2.45) is 0 Å². The van der Waals surface area contributed by atoms with E-state index in [4.69, 9.17) is 0 Å². The van der Waals surface area contributed by atoms with Gasteiger partial charge in [-0.25, -0.2) is 4.98 Å². The number of piperazine rings is 1. The van der Waals surface area contributed by atoms with Gasteiger partial charge in [-0.15, -0.1) is 11.3 Å². The lowest BCUT2D eigenvalue weighted by Gasteiger charge is -2.43. The highest BCUT2D eigenvalue weighted by molar-refractivity contribution is 7.13. The molecule has 8 heteroatoms. The van der Waals surface area contributed by atoms with Crippen LogP contribution in [0, 0.1) is 0 Å². The maximum absolute atomic E-state index is 13.2. The minimum Gasteiger partial charge on any atom is -0.369 e. The lowest BCUT2D eigenvalue weighted by atomic mass is 10.00. The Morgan fingerprint density at radius 1 is 1.03 bits per heavy atom. The van der Waals surface area contributed by atoms with Gasteiger partial charge in [0.15, 0.2) is 5.13 Å². The topological polar surface area (TPSA) is 68.8 Å². The zero-order valence-corrected chi connectivity index (χ0v) is 22.1. The van der Waals surface area contributed by atoms with Gasteiger partial charge in [0.1, 0.15) is 6.04 Å². The molecule has 1 aromatic heterocycles. The molecule has 0 bridgehead atoms. The summed E-state index contributed by atoms with van der Waals surface area (Å²) in [5.41, 5.74) is 5.15. The number of nitrogens with zero attached hydrogens (tertiary/aromatic N) is 4. The molecule has 5 rings (SSSR count). The summed E-state index contributed by atoms with van der Waals surface area (Å²) in [4.78, 5) is 36.6. The number of anilines is 2. The summed E-state index contributed by atoms with van der Waals surface area (Å²) in [7, 11) is 0. The van der Waals surface area contributed by atoms with Crippen molar-refractivity contribution in [2.75, 3.05) is 36.4 Å². The number of rotatable bonds is 5. The summed E-state index contributed by atoms with van der Waals surface area (Å²) in [5.74, 6) is -0.341. The fourth-order valence-corrected chi connectivity index (χ4v) is 5.48. The first-order valence-corrected chi connectivity index (χ1v) is 13.3. The number of hydrogen-bond donors (Lipinski definition) is 1. The average molecular weight is 504 g/mol. The summed E-state index contributed by atoms with van der Waals surface area (Å²) < 4.78 is 0. The Bertz CT molecular complexity index is 1240. The highest BCUT2D eigenvalue weighted by Gasteiger charge is 2.34. The van der Waals surface area contributed by atoms with Crippen molar-refractivity contribution in [1.29, 1.82) is 0 Å². The Kier molecular flexibility index (Phi) is 6.57. The zero-order valence-electron chi connectivity index (χ0n) is 21.3. The molecule has 1 saturated heterocycles. The Balaban J connectivity index is 1.26. The molecule has 1 unspecified atom stereocenters. The number of hydrogen-bond acceptors (Lipinski definition) is 6. The van der Waals surface area contributed by atoms with Crippen molar-refractivity contribution in [3.05, 3.63) is 65.2 Å². The monoisotopic (exact) mass is 503 g/mol. The van der Waals surface area contributed by atoms with Crippen molar-refractivity contribution < 1.29 is 9.59 Å². The minimum absolute atomic E-state index is 0.109. The number of amides is 2. The van der Waals surface area contributed by atoms with Crippen molar-refractivity contribution in [2.45, 2.75) is 45.8 Å². The van der Waals surface area contributed by atoms with Crippen LogP contribution in [0.4, 0.5) is 10.8 Å². The van der Waals surface area contributed by atoms with Crippen LogP contribution in [0.1, 0.15) is 43.6 Å². The molecule has 7 nitrogen and oxygen atoms in total. The van der Waals surface area contributed by atoms with Crippen LogP contribution in [0.2, 0.25) is 0 Å². The molecule has 2 aromatic carbocycles. The zero-order chi connectivity index (χ0) is 25.4. The third kappa shape index (κ3) is 4.88.